The van der Waals surface area contributed by atoms with Gasteiger partial charge in [-0.15, -0.1) is 0 Å². The van der Waals surface area contributed by atoms with Crippen molar-refractivity contribution in [3.05, 3.63) is 35.4 Å². The number of aliphatic hydroxyl groups excluding tert-OH is 2. The molecule has 1 rings (SSSR count). The van der Waals surface area contributed by atoms with Gasteiger partial charge in [0.1, 0.15) is 6.10 Å². The molecule has 14 heavy (non-hydrogen) atoms. The average molecular weight is 194 g/mol. The predicted octanol–water partition coefficient (Wildman–Crippen LogP) is 2.23. The van der Waals surface area contributed by atoms with E-state index >= 15 is 0 Å². The number of hydrogen-bond donors (Lipinski definition) is 2. The maximum atomic E-state index is 9.37. The molecule has 0 aliphatic heterocycles. The number of benzene rings is 1. The summed E-state index contributed by atoms with van der Waals surface area (Å²) in [6.45, 7) is 4.11. The first-order valence-electron chi connectivity index (χ1n) is 5.07. The first-order chi connectivity index (χ1) is 6.69. The van der Waals surface area contributed by atoms with Crippen LogP contribution in [0.2, 0.25) is 0 Å². The van der Waals surface area contributed by atoms with Crippen LogP contribution >= 0.6 is 0 Å². The minimum absolute atomic E-state index is 0.220. The van der Waals surface area contributed by atoms with Crippen molar-refractivity contribution in [3.63, 3.8) is 0 Å². The van der Waals surface area contributed by atoms with Crippen molar-refractivity contribution in [3.8, 4) is 0 Å². The van der Waals surface area contributed by atoms with Gasteiger partial charge in [-0.3, -0.25) is 0 Å². The molecule has 0 fully saturated rings. The van der Waals surface area contributed by atoms with Gasteiger partial charge in [0.2, 0.25) is 0 Å². The summed E-state index contributed by atoms with van der Waals surface area (Å²) >= 11 is 0. The van der Waals surface area contributed by atoms with Crippen molar-refractivity contribution in [2.24, 2.45) is 0 Å². The van der Waals surface area contributed by atoms with Crippen LogP contribution in [0.15, 0.2) is 24.3 Å². The second-order valence-corrected chi connectivity index (χ2v) is 3.67. The third-order valence-corrected chi connectivity index (χ3v) is 2.68. The maximum absolute atomic E-state index is 9.37. The molecular weight excluding hydrogens is 176 g/mol. The van der Waals surface area contributed by atoms with E-state index in [2.05, 4.69) is 13.8 Å². The van der Waals surface area contributed by atoms with Gasteiger partial charge in [0.15, 0.2) is 0 Å². The Labute approximate surface area is 85.2 Å². The van der Waals surface area contributed by atoms with Gasteiger partial charge in [-0.1, -0.05) is 38.1 Å². The molecule has 1 aromatic rings. The highest BCUT2D eigenvalue weighted by Gasteiger charge is 2.07. The van der Waals surface area contributed by atoms with Crippen LogP contribution in [0.5, 0.6) is 0 Å². The Kier molecular flexibility index (Phi) is 4.11. The zero-order valence-electron chi connectivity index (χ0n) is 8.77. The Morgan fingerprint density at radius 3 is 2.07 bits per heavy atom. The fraction of sp³-hybridized carbons (Fsp3) is 0.500. The number of rotatable bonds is 4. The van der Waals surface area contributed by atoms with Gasteiger partial charge >= 0.3 is 0 Å². The molecule has 0 saturated heterocycles. The Hall–Kier alpha value is -0.860. The zero-order chi connectivity index (χ0) is 10.6. The fourth-order valence-corrected chi connectivity index (χ4v) is 1.39. The molecule has 78 valence electrons. The highest BCUT2D eigenvalue weighted by atomic mass is 16.3. The van der Waals surface area contributed by atoms with Gasteiger partial charge < -0.3 is 10.2 Å². The van der Waals surface area contributed by atoms with Gasteiger partial charge in [0.05, 0.1) is 6.61 Å². The van der Waals surface area contributed by atoms with E-state index in [1.165, 1.54) is 5.56 Å². The Morgan fingerprint density at radius 1 is 1.14 bits per heavy atom. The molecule has 0 spiro atoms. The van der Waals surface area contributed by atoms with E-state index in [0.717, 1.165) is 12.0 Å². The Morgan fingerprint density at radius 2 is 1.64 bits per heavy atom. The third kappa shape index (κ3) is 2.56. The van der Waals surface area contributed by atoms with E-state index in [0.29, 0.717) is 5.92 Å². The molecule has 1 aromatic carbocycles. The lowest BCUT2D eigenvalue weighted by molar-refractivity contribution is 0.0956. The molecule has 0 bridgehead atoms. The Bertz CT molecular complexity index is 237. The highest BCUT2D eigenvalue weighted by Crippen LogP contribution is 2.20. The van der Waals surface area contributed by atoms with E-state index in [-0.39, 0.29) is 6.61 Å². The van der Waals surface area contributed by atoms with Crippen molar-refractivity contribution in [1.29, 1.82) is 0 Å². The number of hydrogen-bond acceptors (Lipinski definition) is 2. The van der Waals surface area contributed by atoms with E-state index in [4.69, 9.17) is 5.11 Å². The molecule has 2 N–H and O–H groups in total. The Balaban J connectivity index is 2.78. The molecule has 2 atom stereocenters. The molecule has 0 saturated carbocycles. The van der Waals surface area contributed by atoms with Crippen LogP contribution in [0, 0.1) is 0 Å². The number of aliphatic hydroxyl groups is 2. The van der Waals surface area contributed by atoms with Gasteiger partial charge in [0, 0.05) is 0 Å². The molecule has 0 amide bonds. The van der Waals surface area contributed by atoms with Gasteiger partial charge in [-0.25, -0.2) is 0 Å². The van der Waals surface area contributed by atoms with Crippen LogP contribution < -0.4 is 0 Å². The molecule has 0 heterocycles. The van der Waals surface area contributed by atoms with Crippen LogP contribution in [-0.2, 0) is 0 Å². The summed E-state index contributed by atoms with van der Waals surface area (Å²) in [5.41, 5.74) is 2.06. The summed E-state index contributed by atoms with van der Waals surface area (Å²) in [4.78, 5) is 0. The summed E-state index contributed by atoms with van der Waals surface area (Å²) < 4.78 is 0. The fourth-order valence-electron chi connectivity index (χ4n) is 1.39. The minimum atomic E-state index is -0.749. The SMILES string of the molecule is CCC(C)c1ccc(C(O)CO)cc1. The topological polar surface area (TPSA) is 40.5 Å². The van der Waals surface area contributed by atoms with Crippen molar-refractivity contribution >= 4 is 0 Å². The van der Waals surface area contributed by atoms with E-state index in [1.807, 2.05) is 24.3 Å². The molecule has 0 aliphatic rings. The third-order valence-electron chi connectivity index (χ3n) is 2.68. The van der Waals surface area contributed by atoms with Crippen LogP contribution in [0.4, 0.5) is 0 Å². The summed E-state index contributed by atoms with van der Waals surface area (Å²) in [5.74, 6) is 0.551. The smallest absolute Gasteiger partial charge is 0.102 e. The van der Waals surface area contributed by atoms with Gasteiger partial charge in [0.25, 0.3) is 0 Å². The summed E-state index contributed by atoms with van der Waals surface area (Å²) in [6, 6.07) is 7.79. The van der Waals surface area contributed by atoms with Crippen LogP contribution in [0.25, 0.3) is 0 Å². The monoisotopic (exact) mass is 194 g/mol. The van der Waals surface area contributed by atoms with Crippen LogP contribution in [-0.4, -0.2) is 16.8 Å². The van der Waals surface area contributed by atoms with E-state index in [9.17, 15) is 5.11 Å². The lowest BCUT2D eigenvalue weighted by atomic mass is 9.97. The first-order valence-corrected chi connectivity index (χ1v) is 5.07. The van der Waals surface area contributed by atoms with Crippen molar-refractivity contribution in [2.75, 3.05) is 6.61 Å². The minimum Gasteiger partial charge on any atom is -0.393 e. The summed E-state index contributed by atoms with van der Waals surface area (Å²) in [7, 11) is 0. The summed E-state index contributed by atoms with van der Waals surface area (Å²) in [5, 5.41) is 18.1. The molecule has 2 nitrogen and oxygen atoms in total. The largest absolute Gasteiger partial charge is 0.393 e. The zero-order valence-corrected chi connectivity index (χ0v) is 8.77. The highest BCUT2D eigenvalue weighted by molar-refractivity contribution is 5.26. The van der Waals surface area contributed by atoms with E-state index < -0.39 is 6.10 Å². The molecule has 2 unspecified atom stereocenters. The summed E-state index contributed by atoms with van der Waals surface area (Å²) in [6.07, 6.45) is 0.364. The lowest BCUT2D eigenvalue weighted by Crippen LogP contribution is -2.02. The van der Waals surface area contributed by atoms with Crippen LogP contribution in [0.1, 0.15) is 43.4 Å². The van der Waals surface area contributed by atoms with Crippen LogP contribution in [0.3, 0.4) is 0 Å². The second kappa shape index (κ2) is 5.13. The lowest BCUT2D eigenvalue weighted by Gasteiger charge is -2.11. The predicted molar refractivity (Wildman–Crippen MR) is 57.2 cm³/mol. The molecule has 0 radical (unpaired) electrons. The second-order valence-electron chi connectivity index (χ2n) is 3.67. The molecule has 0 aliphatic carbocycles. The van der Waals surface area contributed by atoms with Gasteiger partial charge in [-0.2, -0.15) is 0 Å². The quantitative estimate of drug-likeness (QED) is 0.771. The molecule has 2 heteroatoms. The van der Waals surface area contributed by atoms with Crippen molar-refractivity contribution in [2.45, 2.75) is 32.3 Å². The van der Waals surface area contributed by atoms with E-state index in [1.54, 1.807) is 0 Å². The van der Waals surface area contributed by atoms with Crippen molar-refractivity contribution < 1.29 is 10.2 Å². The van der Waals surface area contributed by atoms with Crippen molar-refractivity contribution in [1.82, 2.24) is 0 Å². The standard InChI is InChI=1S/C12H18O2/c1-3-9(2)10-4-6-11(7-5-10)12(14)8-13/h4-7,9,12-14H,3,8H2,1-2H3. The molecule has 0 aromatic heterocycles. The average Bonchev–Trinajstić information content (AvgIpc) is 2.27. The first kappa shape index (κ1) is 11.2. The normalized spacial score (nSPS) is 15.1. The molecular formula is C12H18O2. The maximum Gasteiger partial charge on any atom is 0.102 e. The van der Waals surface area contributed by atoms with Gasteiger partial charge in [-0.05, 0) is 23.5 Å².